The minimum atomic E-state index is -1.36. The summed E-state index contributed by atoms with van der Waals surface area (Å²) in [5.41, 5.74) is 1.64. The Kier molecular flexibility index (Phi) is 9.90. The largest absolute Gasteiger partial charge is 0.459 e. The highest BCUT2D eigenvalue weighted by molar-refractivity contribution is 7.99. The summed E-state index contributed by atoms with van der Waals surface area (Å²) in [6.07, 6.45) is -4.01. The lowest BCUT2D eigenvalue weighted by atomic mass is 10.1. The van der Waals surface area contributed by atoms with E-state index < -0.39 is 54.0 Å². The van der Waals surface area contributed by atoms with Crippen LogP contribution in [0.25, 0.3) is 0 Å². The number of pyridine rings is 1. The molecular formula is C38H28ClN3O9S. The third-order valence-electron chi connectivity index (χ3n) is 8.48. The van der Waals surface area contributed by atoms with Crippen molar-refractivity contribution in [2.75, 3.05) is 11.5 Å². The maximum absolute atomic E-state index is 13.8. The van der Waals surface area contributed by atoms with Crippen LogP contribution in [0.1, 0.15) is 36.6 Å². The van der Waals surface area contributed by atoms with Gasteiger partial charge >= 0.3 is 17.9 Å². The van der Waals surface area contributed by atoms with E-state index >= 15 is 0 Å². The number of fused-ring (bicyclic) bond motifs is 2. The van der Waals surface area contributed by atoms with Crippen molar-refractivity contribution < 1.29 is 38.3 Å². The lowest BCUT2D eigenvalue weighted by Crippen LogP contribution is -2.47. The molecule has 0 aliphatic carbocycles. The van der Waals surface area contributed by atoms with Gasteiger partial charge in [0, 0.05) is 16.0 Å². The van der Waals surface area contributed by atoms with Gasteiger partial charge in [0.15, 0.2) is 18.4 Å². The number of rotatable bonds is 9. The van der Waals surface area contributed by atoms with E-state index in [1.54, 1.807) is 115 Å². The van der Waals surface area contributed by atoms with Crippen molar-refractivity contribution in [3.63, 3.8) is 0 Å². The van der Waals surface area contributed by atoms with Gasteiger partial charge in [-0.2, -0.15) is 0 Å². The van der Waals surface area contributed by atoms with Crippen LogP contribution < -0.4 is 4.90 Å². The van der Waals surface area contributed by atoms with Crippen molar-refractivity contribution >= 4 is 58.5 Å². The van der Waals surface area contributed by atoms with Crippen LogP contribution in [0, 0.1) is 17.0 Å². The average molecular weight is 738 g/mol. The van der Waals surface area contributed by atoms with E-state index in [4.69, 9.17) is 30.5 Å². The lowest BCUT2D eigenvalue weighted by molar-refractivity contribution is -0.385. The molecule has 4 aromatic carbocycles. The maximum atomic E-state index is 13.8. The summed E-state index contributed by atoms with van der Waals surface area (Å²) in [5.74, 6) is -1.89. The summed E-state index contributed by atoms with van der Waals surface area (Å²) in [7, 11) is 0. The fourth-order valence-electron chi connectivity index (χ4n) is 5.95. The molecule has 5 aromatic rings. The molecule has 4 atom stereocenters. The Morgan fingerprint density at radius 2 is 1.38 bits per heavy atom. The van der Waals surface area contributed by atoms with Gasteiger partial charge in [0.1, 0.15) is 24.7 Å². The fraction of sp³-hybridized carbons (Fsp3) is 0.158. The van der Waals surface area contributed by atoms with E-state index in [1.807, 2.05) is 0 Å². The molecule has 12 nitrogen and oxygen atoms in total. The number of hydrogen-bond donors (Lipinski definition) is 0. The highest BCUT2D eigenvalue weighted by atomic mass is 35.5. The van der Waals surface area contributed by atoms with E-state index in [1.165, 1.54) is 17.8 Å². The normalized spacial score (nSPS) is 18.8. The molecule has 1 saturated heterocycles. The number of ether oxygens (including phenoxy) is 4. The number of nitro groups is 1. The van der Waals surface area contributed by atoms with Gasteiger partial charge in [-0.05, 0) is 61.0 Å². The Morgan fingerprint density at radius 1 is 0.827 bits per heavy atom. The molecule has 0 spiro atoms. The third-order valence-corrected chi connectivity index (χ3v) is 9.96. The van der Waals surface area contributed by atoms with Crippen LogP contribution in [0.5, 0.6) is 0 Å². The number of halogens is 1. The van der Waals surface area contributed by atoms with Crippen molar-refractivity contribution in [1.29, 1.82) is 0 Å². The number of hydrogen-bond acceptors (Lipinski definition) is 12. The van der Waals surface area contributed by atoms with Crippen LogP contribution in [0.15, 0.2) is 125 Å². The molecule has 14 heteroatoms. The predicted octanol–water partition coefficient (Wildman–Crippen LogP) is 7.59. The zero-order valence-electron chi connectivity index (χ0n) is 27.3. The number of anilines is 2. The van der Waals surface area contributed by atoms with Gasteiger partial charge in [-0.1, -0.05) is 78.0 Å². The highest BCUT2D eigenvalue weighted by Gasteiger charge is 2.54. The van der Waals surface area contributed by atoms with Crippen molar-refractivity contribution in [3.8, 4) is 0 Å². The second-order valence-electron chi connectivity index (χ2n) is 11.8. The second-order valence-corrected chi connectivity index (χ2v) is 13.3. The van der Waals surface area contributed by atoms with Crippen LogP contribution in [0.2, 0.25) is 5.02 Å². The third kappa shape index (κ3) is 6.93. The quantitative estimate of drug-likeness (QED) is 0.0635. The van der Waals surface area contributed by atoms with E-state index in [9.17, 15) is 24.5 Å². The molecule has 0 amide bonds. The number of nitrogens with zero attached hydrogens (tertiary/aromatic N) is 3. The number of carbonyl (C=O) groups excluding carboxylic acids is 3. The molecule has 0 radical (unpaired) electrons. The molecular weight excluding hydrogens is 710 g/mol. The van der Waals surface area contributed by atoms with Crippen LogP contribution >= 0.6 is 23.4 Å². The molecule has 0 unspecified atom stereocenters. The van der Waals surface area contributed by atoms with Crippen molar-refractivity contribution in [3.05, 3.63) is 153 Å². The van der Waals surface area contributed by atoms with Gasteiger partial charge in [-0.3, -0.25) is 15.0 Å². The fourth-order valence-corrected chi connectivity index (χ4v) is 7.25. The summed E-state index contributed by atoms with van der Waals surface area (Å²) in [5, 5.41) is 12.2. The highest BCUT2D eigenvalue weighted by Crippen LogP contribution is 2.53. The Hall–Kier alpha value is -5.76. The summed E-state index contributed by atoms with van der Waals surface area (Å²) >= 11 is 7.90. The van der Waals surface area contributed by atoms with Crippen molar-refractivity contribution in [2.24, 2.45) is 0 Å². The van der Waals surface area contributed by atoms with Gasteiger partial charge in [-0.25, -0.2) is 19.4 Å². The van der Waals surface area contributed by atoms with Gasteiger partial charge in [0.25, 0.3) is 5.69 Å². The first-order valence-electron chi connectivity index (χ1n) is 16.0. The standard InChI is InChI=1S/C38H28ClN3O9S/c1-22-27(39)17-18-29-31(22)41(34-30(52-29)19-26(20-40-34)42(46)47)35-33(51-38(45)25-15-9-4-10-16-25)32(50-37(44)24-13-7-3-8-14-24)28(49-35)21-48-36(43)23-11-5-2-6-12-23/h2-20,28,32-33,35H,21H2,1H3/t28-,32-,33-,35-/m1/s1. The first-order valence-corrected chi connectivity index (χ1v) is 17.2. The van der Waals surface area contributed by atoms with E-state index in [2.05, 4.69) is 4.98 Å². The Morgan fingerprint density at radius 3 is 1.96 bits per heavy atom. The summed E-state index contributed by atoms with van der Waals surface area (Å²) < 4.78 is 24.6. The first-order chi connectivity index (χ1) is 25.2. The summed E-state index contributed by atoms with van der Waals surface area (Å²) in [6.45, 7) is 1.39. The zero-order valence-corrected chi connectivity index (χ0v) is 28.9. The summed E-state index contributed by atoms with van der Waals surface area (Å²) in [6, 6.07) is 29.7. The van der Waals surface area contributed by atoms with Crippen LogP contribution in [0.3, 0.4) is 0 Å². The molecule has 0 bridgehead atoms. The van der Waals surface area contributed by atoms with Crippen molar-refractivity contribution in [1.82, 2.24) is 4.98 Å². The summed E-state index contributed by atoms with van der Waals surface area (Å²) in [4.78, 5) is 59.0. The van der Waals surface area contributed by atoms with Crippen LogP contribution in [0.4, 0.5) is 17.2 Å². The molecule has 52 heavy (non-hydrogen) atoms. The topological polar surface area (TPSA) is 147 Å². The van der Waals surface area contributed by atoms with Gasteiger partial charge in [0.05, 0.1) is 32.2 Å². The molecule has 2 aliphatic rings. The number of benzene rings is 4. The maximum Gasteiger partial charge on any atom is 0.338 e. The number of aromatic nitrogens is 1. The molecule has 0 saturated carbocycles. The Bertz CT molecular complexity index is 2160. The molecule has 7 rings (SSSR count). The molecule has 1 aromatic heterocycles. The average Bonchev–Trinajstić information content (AvgIpc) is 3.50. The second kappa shape index (κ2) is 14.8. The monoisotopic (exact) mass is 737 g/mol. The molecule has 2 aliphatic heterocycles. The first kappa shape index (κ1) is 34.7. The van der Waals surface area contributed by atoms with Gasteiger partial charge in [-0.15, -0.1) is 0 Å². The van der Waals surface area contributed by atoms with Crippen LogP contribution in [-0.4, -0.2) is 59.0 Å². The predicted molar refractivity (Wildman–Crippen MR) is 190 cm³/mol. The minimum absolute atomic E-state index is 0.219. The smallest absolute Gasteiger partial charge is 0.338 e. The van der Waals surface area contributed by atoms with Gasteiger partial charge in [0.2, 0.25) is 0 Å². The number of esters is 3. The lowest BCUT2D eigenvalue weighted by Gasteiger charge is -2.38. The minimum Gasteiger partial charge on any atom is -0.459 e. The number of carbonyl (C=O) groups is 3. The molecule has 1 fully saturated rings. The Labute approximate surface area is 306 Å². The molecule has 3 heterocycles. The van der Waals surface area contributed by atoms with E-state index in [0.29, 0.717) is 26.1 Å². The Balaban J connectivity index is 1.35. The SMILES string of the molecule is Cc1c(Cl)ccc2c1N([C@@H]1O[C@H](COC(=O)c3ccccc3)[C@@H](OC(=O)c3ccccc3)[C@H]1OC(=O)c1ccccc1)c1ncc([N+](=O)[O-])cc1S2. The van der Waals surface area contributed by atoms with Gasteiger partial charge < -0.3 is 18.9 Å². The van der Waals surface area contributed by atoms with Crippen molar-refractivity contribution in [2.45, 2.75) is 41.3 Å². The van der Waals surface area contributed by atoms with Crippen LogP contribution in [-0.2, 0) is 18.9 Å². The zero-order chi connectivity index (χ0) is 36.4. The molecule has 0 N–H and O–H groups in total. The van der Waals surface area contributed by atoms with E-state index in [0.717, 1.165) is 6.20 Å². The molecule has 262 valence electrons. The van der Waals surface area contributed by atoms with E-state index in [-0.39, 0.29) is 28.2 Å².